The van der Waals surface area contributed by atoms with Crippen LogP contribution in [0, 0.1) is 0 Å². The standard InChI is InChI=1S/C15H25N3O4S/c1-18(2)10-9-17-23(20,21)14-7-4-6-13(12-14)15(19)16-8-5-11-22-3/h4,6-7,12,17H,5,8-11H2,1-3H3,(H,16,19). The molecule has 23 heavy (non-hydrogen) atoms. The summed E-state index contributed by atoms with van der Waals surface area (Å²) in [6, 6.07) is 6.00. The fraction of sp³-hybridized carbons (Fsp3) is 0.533. The molecular formula is C15H25N3O4S. The second kappa shape index (κ2) is 9.61. The van der Waals surface area contributed by atoms with Crippen LogP contribution in [0.25, 0.3) is 0 Å². The first kappa shape index (κ1) is 19.6. The third-order valence-electron chi connectivity index (χ3n) is 3.07. The molecule has 7 nitrogen and oxygen atoms in total. The Kier molecular flexibility index (Phi) is 8.18. The van der Waals surface area contributed by atoms with Crippen LogP contribution in [0.1, 0.15) is 16.8 Å². The third-order valence-corrected chi connectivity index (χ3v) is 4.53. The summed E-state index contributed by atoms with van der Waals surface area (Å²) in [6.45, 7) is 1.94. The Morgan fingerprint density at radius 1 is 1.26 bits per heavy atom. The number of carbonyl (C=O) groups excluding carboxylic acids is 1. The monoisotopic (exact) mass is 343 g/mol. The fourth-order valence-electron chi connectivity index (χ4n) is 1.81. The summed E-state index contributed by atoms with van der Waals surface area (Å²) in [5.74, 6) is -0.300. The molecule has 2 N–H and O–H groups in total. The summed E-state index contributed by atoms with van der Waals surface area (Å²) in [5.41, 5.74) is 0.318. The second-order valence-electron chi connectivity index (χ2n) is 5.33. The number of ether oxygens (including phenoxy) is 1. The van der Waals surface area contributed by atoms with Crippen molar-refractivity contribution in [2.75, 3.05) is 47.4 Å². The van der Waals surface area contributed by atoms with Crippen LogP contribution in [-0.4, -0.2) is 66.7 Å². The van der Waals surface area contributed by atoms with Crippen molar-refractivity contribution in [3.63, 3.8) is 0 Å². The normalized spacial score (nSPS) is 11.7. The second-order valence-corrected chi connectivity index (χ2v) is 7.10. The minimum absolute atomic E-state index is 0.0841. The highest BCUT2D eigenvalue weighted by molar-refractivity contribution is 7.89. The molecule has 1 aromatic rings. The number of sulfonamides is 1. The lowest BCUT2D eigenvalue weighted by Crippen LogP contribution is -2.31. The molecule has 1 rings (SSSR count). The number of rotatable bonds is 10. The first-order valence-electron chi connectivity index (χ1n) is 7.38. The van der Waals surface area contributed by atoms with Gasteiger partial charge in [0.15, 0.2) is 0 Å². The van der Waals surface area contributed by atoms with Gasteiger partial charge in [-0.05, 0) is 38.7 Å². The Morgan fingerprint density at radius 3 is 2.65 bits per heavy atom. The zero-order chi connectivity index (χ0) is 17.3. The van der Waals surface area contributed by atoms with Crippen molar-refractivity contribution < 1.29 is 17.9 Å². The van der Waals surface area contributed by atoms with Crippen LogP contribution in [0.15, 0.2) is 29.2 Å². The number of hydrogen-bond acceptors (Lipinski definition) is 5. The van der Waals surface area contributed by atoms with Crippen molar-refractivity contribution in [1.29, 1.82) is 0 Å². The molecule has 0 unspecified atom stereocenters. The highest BCUT2D eigenvalue weighted by atomic mass is 32.2. The molecule has 0 aromatic heterocycles. The van der Waals surface area contributed by atoms with Crippen molar-refractivity contribution in [2.24, 2.45) is 0 Å². The molecule has 0 saturated heterocycles. The maximum absolute atomic E-state index is 12.2. The van der Waals surface area contributed by atoms with Crippen LogP contribution in [0.2, 0.25) is 0 Å². The third kappa shape index (κ3) is 7.08. The van der Waals surface area contributed by atoms with E-state index in [2.05, 4.69) is 10.0 Å². The predicted octanol–water partition coefficient (Wildman–Crippen LogP) is 0.293. The smallest absolute Gasteiger partial charge is 0.251 e. The number of nitrogens with one attached hydrogen (secondary N) is 2. The number of benzene rings is 1. The number of nitrogens with zero attached hydrogens (tertiary/aromatic N) is 1. The molecule has 0 fully saturated rings. The molecule has 0 atom stereocenters. The van der Waals surface area contributed by atoms with Gasteiger partial charge in [0.1, 0.15) is 0 Å². The van der Waals surface area contributed by atoms with E-state index in [0.29, 0.717) is 38.2 Å². The number of methoxy groups -OCH3 is 1. The molecule has 0 saturated carbocycles. The molecule has 0 aliphatic heterocycles. The molecule has 1 aromatic carbocycles. The van der Waals surface area contributed by atoms with Crippen LogP contribution >= 0.6 is 0 Å². The molecule has 0 heterocycles. The zero-order valence-corrected chi connectivity index (χ0v) is 14.6. The van der Waals surface area contributed by atoms with E-state index in [9.17, 15) is 13.2 Å². The van der Waals surface area contributed by atoms with Gasteiger partial charge in [-0.15, -0.1) is 0 Å². The number of likely N-dealkylation sites (N-methyl/N-ethyl adjacent to an activating group) is 1. The number of hydrogen-bond donors (Lipinski definition) is 2. The van der Waals surface area contributed by atoms with Gasteiger partial charge in [-0.25, -0.2) is 13.1 Å². The molecule has 0 aliphatic carbocycles. The quantitative estimate of drug-likeness (QED) is 0.596. The molecular weight excluding hydrogens is 318 g/mol. The van der Waals surface area contributed by atoms with E-state index in [4.69, 9.17) is 4.74 Å². The average molecular weight is 343 g/mol. The van der Waals surface area contributed by atoms with Gasteiger partial charge in [0.2, 0.25) is 10.0 Å². The van der Waals surface area contributed by atoms with Crippen LogP contribution in [0.3, 0.4) is 0 Å². The van der Waals surface area contributed by atoms with Gasteiger partial charge in [0, 0.05) is 38.9 Å². The lowest BCUT2D eigenvalue weighted by atomic mass is 10.2. The summed E-state index contributed by atoms with van der Waals surface area (Å²) in [4.78, 5) is 14.0. The van der Waals surface area contributed by atoms with Gasteiger partial charge < -0.3 is 15.0 Å². The van der Waals surface area contributed by atoms with Crippen LogP contribution in [0.4, 0.5) is 0 Å². The van der Waals surface area contributed by atoms with Crippen LogP contribution in [0.5, 0.6) is 0 Å². The highest BCUT2D eigenvalue weighted by Gasteiger charge is 2.15. The zero-order valence-electron chi connectivity index (χ0n) is 13.8. The Balaban J connectivity index is 2.69. The van der Waals surface area contributed by atoms with Crippen molar-refractivity contribution in [3.8, 4) is 0 Å². The minimum atomic E-state index is -3.62. The van der Waals surface area contributed by atoms with Crippen LogP contribution in [-0.2, 0) is 14.8 Å². The maximum atomic E-state index is 12.2. The van der Waals surface area contributed by atoms with Gasteiger partial charge >= 0.3 is 0 Å². The Hall–Kier alpha value is -1.48. The van der Waals surface area contributed by atoms with Crippen LogP contribution < -0.4 is 10.0 Å². The number of amides is 1. The highest BCUT2D eigenvalue weighted by Crippen LogP contribution is 2.11. The molecule has 1 amide bonds. The van der Waals surface area contributed by atoms with Crippen molar-refractivity contribution in [2.45, 2.75) is 11.3 Å². The van der Waals surface area contributed by atoms with E-state index in [1.54, 1.807) is 19.2 Å². The first-order valence-corrected chi connectivity index (χ1v) is 8.86. The summed E-state index contributed by atoms with van der Waals surface area (Å²) in [6.07, 6.45) is 0.701. The topological polar surface area (TPSA) is 87.7 Å². The van der Waals surface area contributed by atoms with E-state index < -0.39 is 10.0 Å². The van der Waals surface area contributed by atoms with E-state index in [-0.39, 0.29) is 10.8 Å². The van der Waals surface area contributed by atoms with E-state index in [1.807, 2.05) is 19.0 Å². The number of carbonyl (C=O) groups is 1. The van der Waals surface area contributed by atoms with E-state index in [1.165, 1.54) is 12.1 Å². The Labute approximate surface area is 138 Å². The summed E-state index contributed by atoms with van der Waals surface area (Å²) < 4.78 is 31.8. The van der Waals surface area contributed by atoms with Crippen molar-refractivity contribution >= 4 is 15.9 Å². The van der Waals surface area contributed by atoms with Crippen molar-refractivity contribution in [3.05, 3.63) is 29.8 Å². The van der Waals surface area contributed by atoms with Gasteiger partial charge in [-0.1, -0.05) is 6.07 Å². The predicted molar refractivity (Wildman–Crippen MR) is 89.0 cm³/mol. The summed E-state index contributed by atoms with van der Waals surface area (Å²) in [7, 11) is 1.71. The van der Waals surface area contributed by atoms with Crippen molar-refractivity contribution in [1.82, 2.24) is 14.9 Å². The summed E-state index contributed by atoms with van der Waals surface area (Å²) >= 11 is 0. The lowest BCUT2D eigenvalue weighted by Gasteiger charge is -2.11. The Morgan fingerprint density at radius 2 is 2.00 bits per heavy atom. The van der Waals surface area contributed by atoms with Gasteiger partial charge in [0.25, 0.3) is 5.91 Å². The first-order chi connectivity index (χ1) is 10.9. The molecule has 0 aliphatic rings. The molecule has 0 bridgehead atoms. The summed E-state index contributed by atoms with van der Waals surface area (Å²) in [5, 5.41) is 2.73. The largest absolute Gasteiger partial charge is 0.385 e. The van der Waals surface area contributed by atoms with Gasteiger partial charge in [-0.3, -0.25) is 4.79 Å². The van der Waals surface area contributed by atoms with E-state index in [0.717, 1.165) is 0 Å². The average Bonchev–Trinajstić information content (AvgIpc) is 2.51. The molecule has 0 spiro atoms. The SMILES string of the molecule is COCCCNC(=O)c1cccc(S(=O)(=O)NCCN(C)C)c1. The maximum Gasteiger partial charge on any atom is 0.251 e. The van der Waals surface area contributed by atoms with E-state index >= 15 is 0 Å². The molecule has 130 valence electrons. The fourth-order valence-corrected chi connectivity index (χ4v) is 2.88. The molecule has 8 heteroatoms. The Bertz CT molecular complexity index is 602. The lowest BCUT2D eigenvalue weighted by molar-refractivity contribution is 0.0948. The van der Waals surface area contributed by atoms with Gasteiger partial charge in [-0.2, -0.15) is 0 Å². The van der Waals surface area contributed by atoms with Gasteiger partial charge in [0.05, 0.1) is 4.90 Å². The molecule has 0 radical (unpaired) electrons. The minimum Gasteiger partial charge on any atom is -0.385 e.